The first-order valence-electron chi connectivity index (χ1n) is 6.19. The van der Waals surface area contributed by atoms with Crippen LogP contribution in [0.15, 0.2) is 29.2 Å². The normalized spacial score (nSPS) is 24.1. The maximum absolute atomic E-state index is 12.3. The molecule has 0 aromatic heterocycles. The molecule has 0 N–H and O–H groups in total. The lowest BCUT2D eigenvalue weighted by Crippen LogP contribution is -2.43. The van der Waals surface area contributed by atoms with Crippen LogP contribution >= 0.6 is 27.7 Å². The number of nitrogens with zero attached hydrogens (tertiary/aromatic N) is 1. The SMILES string of the molecule is CSc1ccc(C(=O)N2CCC(C)C(Br)C2)cc1. The van der Waals surface area contributed by atoms with Gasteiger partial charge in [-0.05, 0) is 42.9 Å². The third-order valence-electron chi connectivity index (χ3n) is 3.49. The number of rotatable bonds is 2. The number of piperidine rings is 1. The largest absolute Gasteiger partial charge is 0.338 e. The van der Waals surface area contributed by atoms with Gasteiger partial charge in [-0.15, -0.1) is 11.8 Å². The summed E-state index contributed by atoms with van der Waals surface area (Å²) in [4.78, 5) is 15.9. The number of alkyl halides is 1. The highest BCUT2D eigenvalue weighted by Gasteiger charge is 2.27. The van der Waals surface area contributed by atoms with Crippen molar-refractivity contribution in [1.29, 1.82) is 0 Å². The molecule has 0 radical (unpaired) electrons. The number of thioether (sulfide) groups is 1. The molecule has 4 heteroatoms. The van der Waals surface area contributed by atoms with Crippen molar-refractivity contribution in [3.8, 4) is 0 Å². The van der Waals surface area contributed by atoms with Crippen molar-refractivity contribution in [2.75, 3.05) is 19.3 Å². The van der Waals surface area contributed by atoms with E-state index in [1.807, 2.05) is 35.4 Å². The van der Waals surface area contributed by atoms with Crippen molar-refractivity contribution in [1.82, 2.24) is 4.90 Å². The van der Waals surface area contributed by atoms with E-state index < -0.39 is 0 Å². The van der Waals surface area contributed by atoms with Crippen LogP contribution in [0.1, 0.15) is 23.7 Å². The highest BCUT2D eigenvalue weighted by molar-refractivity contribution is 9.09. The summed E-state index contributed by atoms with van der Waals surface area (Å²) in [6, 6.07) is 7.87. The quantitative estimate of drug-likeness (QED) is 0.610. The third kappa shape index (κ3) is 3.09. The van der Waals surface area contributed by atoms with E-state index in [0.29, 0.717) is 10.7 Å². The lowest BCUT2D eigenvalue weighted by atomic mass is 9.98. The highest BCUT2D eigenvalue weighted by atomic mass is 79.9. The first kappa shape index (κ1) is 13.9. The summed E-state index contributed by atoms with van der Waals surface area (Å²) in [6.07, 6.45) is 3.11. The van der Waals surface area contributed by atoms with Gasteiger partial charge >= 0.3 is 0 Å². The minimum absolute atomic E-state index is 0.152. The molecule has 1 heterocycles. The zero-order chi connectivity index (χ0) is 13.1. The van der Waals surface area contributed by atoms with E-state index >= 15 is 0 Å². The van der Waals surface area contributed by atoms with Crippen molar-refractivity contribution >= 4 is 33.6 Å². The van der Waals surface area contributed by atoms with E-state index in [-0.39, 0.29) is 5.91 Å². The molecule has 2 atom stereocenters. The summed E-state index contributed by atoms with van der Waals surface area (Å²) in [5.41, 5.74) is 0.794. The molecule has 98 valence electrons. The van der Waals surface area contributed by atoms with Crippen LogP contribution in [0.3, 0.4) is 0 Å². The standard InChI is InChI=1S/C14H18BrNOS/c1-10-7-8-16(9-13(10)15)14(17)11-3-5-12(18-2)6-4-11/h3-6,10,13H,7-9H2,1-2H3. The first-order valence-corrected chi connectivity index (χ1v) is 8.33. The summed E-state index contributed by atoms with van der Waals surface area (Å²) in [7, 11) is 0. The number of carbonyl (C=O) groups excluding carboxylic acids is 1. The molecule has 1 aromatic rings. The van der Waals surface area contributed by atoms with Gasteiger partial charge in [-0.25, -0.2) is 0 Å². The zero-order valence-electron chi connectivity index (χ0n) is 10.7. The molecule has 0 spiro atoms. The number of amides is 1. The Morgan fingerprint density at radius 1 is 1.39 bits per heavy atom. The van der Waals surface area contributed by atoms with Crippen LogP contribution in [0.4, 0.5) is 0 Å². The van der Waals surface area contributed by atoms with Gasteiger partial charge in [-0.1, -0.05) is 22.9 Å². The van der Waals surface area contributed by atoms with Crippen LogP contribution in [0, 0.1) is 5.92 Å². The lowest BCUT2D eigenvalue weighted by Gasteiger charge is -2.34. The van der Waals surface area contributed by atoms with Crippen molar-refractivity contribution in [3.63, 3.8) is 0 Å². The second-order valence-corrected chi connectivity index (χ2v) is 6.82. The third-order valence-corrected chi connectivity index (χ3v) is 5.43. The van der Waals surface area contributed by atoms with Crippen molar-refractivity contribution in [2.24, 2.45) is 5.92 Å². The molecule has 0 saturated carbocycles. The number of hydrogen-bond acceptors (Lipinski definition) is 2. The van der Waals surface area contributed by atoms with E-state index in [4.69, 9.17) is 0 Å². The Balaban J connectivity index is 2.06. The van der Waals surface area contributed by atoms with Gasteiger partial charge in [0.1, 0.15) is 0 Å². The minimum Gasteiger partial charge on any atom is -0.338 e. The van der Waals surface area contributed by atoms with Gasteiger partial charge in [0.15, 0.2) is 0 Å². The second-order valence-electron chi connectivity index (χ2n) is 4.76. The Morgan fingerprint density at radius 2 is 2.06 bits per heavy atom. The monoisotopic (exact) mass is 327 g/mol. The van der Waals surface area contributed by atoms with Gasteiger partial charge in [0.2, 0.25) is 0 Å². The number of halogens is 1. The first-order chi connectivity index (χ1) is 8.61. The van der Waals surface area contributed by atoms with E-state index in [9.17, 15) is 4.79 Å². The van der Waals surface area contributed by atoms with Crippen LogP contribution in [0.25, 0.3) is 0 Å². The Labute approximate surface area is 121 Å². The highest BCUT2D eigenvalue weighted by Crippen LogP contribution is 2.24. The fraction of sp³-hybridized carbons (Fsp3) is 0.500. The molecule has 0 aliphatic carbocycles. The van der Waals surface area contributed by atoms with Gasteiger partial charge in [0.25, 0.3) is 5.91 Å². The van der Waals surface area contributed by atoms with E-state index in [0.717, 1.165) is 25.1 Å². The smallest absolute Gasteiger partial charge is 0.253 e. The number of benzene rings is 1. The molecular formula is C14H18BrNOS. The predicted octanol–water partition coefficient (Wildman–Crippen LogP) is 3.65. The van der Waals surface area contributed by atoms with Gasteiger partial charge in [-0.2, -0.15) is 0 Å². The second kappa shape index (κ2) is 6.11. The molecule has 18 heavy (non-hydrogen) atoms. The lowest BCUT2D eigenvalue weighted by molar-refractivity contribution is 0.0706. The summed E-state index contributed by atoms with van der Waals surface area (Å²) in [5, 5.41) is 0. The topological polar surface area (TPSA) is 20.3 Å². The summed E-state index contributed by atoms with van der Waals surface area (Å²) >= 11 is 5.35. The Bertz CT molecular complexity index is 420. The number of likely N-dealkylation sites (tertiary alicyclic amines) is 1. The predicted molar refractivity (Wildman–Crippen MR) is 80.6 cm³/mol. The molecule has 0 bridgehead atoms. The summed E-state index contributed by atoms with van der Waals surface area (Å²) in [6.45, 7) is 3.91. The Morgan fingerprint density at radius 3 is 2.61 bits per heavy atom. The van der Waals surface area contributed by atoms with Crippen LogP contribution in [-0.2, 0) is 0 Å². The molecule has 1 aliphatic heterocycles. The Hall–Kier alpha value is -0.480. The van der Waals surface area contributed by atoms with Gasteiger partial charge < -0.3 is 4.90 Å². The van der Waals surface area contributed by atoms with Crippen molar-refractivity contribution < 1.29 is 4.79 Å². The molecule has 1 saturated heterocycles. The fourth-order valence-electron chi connectivity index (χ4n) is 2.12. The van der Waals surface area contributed by atoms with Crippen molar-refractivity contribution in [2.45, 2.75) is 23.1 Å². The van der Waals surface area contributed by atoms with E-state index in [2.05, 4.69) is 22.9 Å². The molecule has 2 unspecified atom stereocenters. The van der Waals surface area contributed by atoms with Crippen LogP contribution in [0.5, 0.6) is 0 Å². The molecule has 2 rings (SSSR count). The fourth-order valence-corrected chi connectivity index (χ4v) is 3.14. The van der Waals surface area contributed by atoms with Gasteiger partial charge in [0.05, 0.1) is 0 Å². The maximum Gasteiger partial charge on any atom is 0.253 e. The molecule has 2 nitrogen and oxygen atoms in total. The van der Waals surface area contributed by atoms with Crippen LogP contribution in [0.2, 0.25) is 0 Å². The molecule has 1 aliphatic rings. The maximum atomic E-state index is 12.3. The number of carbonyl (C=O) groups is 1. The van der Waals surface area contributed by atoms with Gasteiger partial charge in [0, 0.05) is 28.4 Å². The van der Waals surface area contributed by atoms with E-state index in [1.54, 1.807) is 11.8 Å². The Kier molecular flexibility index (Phi) is 4.73. The molecule has 1 amide bonds. The van der Waals surface area contributed by atoms with Crippen molar-refractivity contribution in [3.05, 3.63) is 29.8 Å². The minimum atomic E-state index is 0.152. The zero-order valence-corrected chi connectivity index (χ0v) is 13.1. The molecular weight excluding hydrogens is 310 g/mol. The molecule has 1 fully saturated rings. The molecule has 1 aromatic carbocycles. The average Bonchev–Trinajstić information content (AvgIpc) is 2.41. The summed E-state index contributed by atoms with van der Waals surface area (Å²) in [5.74, 6) is 0.798. The summed E-state index contributed by atoms with van der Waals surface area (Å²) < 4.78 is 0. The van der Waals surface area contributed by atoms with Crippen LogP contribution in [-0.4, -0.2) is 35.0 Å². The van der Waals surface area contributed by atoms with Crippen LogP contribution < -0.4 is 0 Å². The average molecular weight is 328 g/mol. The number of hydrogen-bond donors (Lipinski definition) is 0. The van der Waals surface area contributed by atoms with E-state index in [1.165, 1.54) is 4.90 Å². The van der Waals surface area contributed by atoms with Gasteiger partial charge in [-0.3, -0.25) is 4.79 Å².